The summed E-state index contributed by atoms with van der Waals surface area (Å²) in [5, 5.41) is 4.44. The van der Waals surface area contributed by atoms with Crippen LogP contribution in [0.25, 0.3) is 0 Å². The molecule has 1 amide bonds. The Kier molecular flexibility index (Phi) is 6.85. The van der Waals surface area contributed by atoms with Gasteiger partial charge in [0.1, 0.15) is 0 Å². The third kappa shape index (κ3) is 5.89. The molecule has 0 radical (unpaired) electrons. The van der Waals surface area contributed by atoms with E-state index in [-0.39, 0.29) is 16.9 Å². The molecule has 1 aromatic heterocycles. The van der Waals surface area contributed by atoms with Crippen molar-refractivity contribution in [1.29, 1.82) is 0 Å². The van der Waals surface area contributed by atoms with E-state index in [4.69, 9.17) is 4.98 Å². The monoisotopic (exact) mass is 422 g/mol. The van der Waals surface area contributed by atoms with Crippen molar-refractivity contribution >= 4 is 22.6 Å². The number of nitrogens with one attached hydrogen (secondary N) is 1. The number of hydrogen-bond acceptors (Lipinski definition) is 7. The molecule has 0 aliphatic carbocycles. The van der Waals surface area contributed by atoms with Crippen LogP contribution in [0.15, 0.2) is 0 Å². The van der Waals surface area contributed by atoms with Crippen LogP contribution in [0.5, 0.6) is 0 Å². The molecule has 0 spiro atoms. The van der Waals surface area contributed by atoms with E-state index in [2.05, 4.69) is 40.3 Å². The first-order valence-corrected chi connectivity index (χ1v) is 11.7. The lowest BCUT2D eigenvalue weighted by atomic mass is 9.94. The van der Waals surface area contributed by atoms with Crippen LogP contribution in [0.2, 0.25) is 0 Å². The number of piperazine rings is 1. The molecule has 2 fully saturated rings. The molecule has 0 aromatic carbocycles. The van der Waals surface area contributed by atoms with Gasteiger partial charge in [-0.25, -0.2) is 4.98 Å². The first kappa shape index (κ1) is 22.4. The third-order valence-corrected chi connectivity index (χ3v) is 6.57. The van der Waals surface area contributed by atoms with E-state index >= 15 is 0 Å². The molecule has 2 saturated heterocycles. The van der Waals surface area contributed by atoms with Gasteiger partial charge in [-0.1, -0.05) is 20.8 Å². The number of aromatic nitrogens is 2. The zero-order chi connectivity index (χ0) is 21.2. The number of likely N-dealkylation sites (tertiary alicyclic amines) is 1. The van der Waals surface area contributed by atoms with E-state index in [0.29, 0.717) is 6.04 Å². The second-order valence-electron chi connectivity index (χ2n) is 10.4. The Hall–Kier alpha value is -1.25. The molecular weight excluding hydrogens is 384 g/mol. The van der Waals surface area contributed by atoms with Crippen molar-refractivity contribution in [2.45, 2.75) is 72.5 Å². The molecule has 8 heteroatoms. The van der Waals surface area contributed by atoms with E-state index in [1.165, 1.54) is 30.9 Å². The van der Waals surface area contributed by atoms with Crippen LogP contribution in [0.3, 0.4) is 0 Å². The highest BCUT2D eigenvalue weighted by atomic mass is 32.1. The summed E-state index contributed by atoms with van der Waals surface area (Å²) in [6.45, 7) is 19.1. The van der Waals surface area contributed by atoms with Gasteiger partial charge in [-0.15, -0.1) is 0 Å². The summed E-state index contributed by atoms with van der Waals surface area (Å²) in [7, 11) is 0. The van der Waals surface area contributed by atoms with Crippen molar-refractivity contribution in [2.75, 3.05) is 44.6 Å². The highest BCUT2D eigenvalue weighted by Gasteiger charge is 2.33. The summed E-state index contributed by atoms with van der Waals surface area (Å²) in [6, 6.07) is 0.566. The quantitative estimate of drug-likeness (QED) is 0.787. The van der Waals surface area contributed by atoms with Gasteiger partial charge in [0, 0.05) is 61.3 Å². The Balaban J connectivity index is 1.45. The fourth-order valence-corrected chi connectivity index (χ4v) is 4.89. The molecule has 164 valence electrons. The average molecular weight is 423 g/mol. The maximum Gasteiger partial charge on any atom is 0.228 e. The molecule has 1 unspecified atom stereocenters. The second kappa shape index (κ2) is 8.86. The van der Waals surface area contributed by atoms with Gasteiger partial charge in [-0.3, -0.25) is 14.6 Å². The van der Waals surface area contributed by atoms with Crippen LogP contribution in [0.4, 0.5) is 5.13 Å². The lowest BCUT2D eigenvalue weighted by Gasteiger charge is -2.37. The molecule has 0 bridgehead atoms. The van der Waals surface area contributed by atoms with Crippen molar-refractivity contribution < 1.29 is 4.79 Å². The normalized spacial score (nSPS) is 22.3. The van der Waals surface area contributed by atoms with Gasteiger partial charge in [-0.2, -0.15) is 4.37 Å². The Morgan fingerprint density at radius 2 is 1.79 bits per heavy atom. The smallest absolute Gasteiger partial charge is 0.228 e. The molecule has 2 aliphatic heterocycles. The predicted molar refractivity (Wildman–Crippen MR) is 119 cm³/mol. The molecule has 2 aliphatic rings. The van der Waals surface area contributed by atoms with Crippen molar-refractivity contribution in [2.24, 2.45) is 5.41 Å². The topological polar surface area (TPSA) is 64.6 Å². The minimum atomic E-state index is -0.304. The number of carbonyl (C=O) groups is 1. The van der Waals surface area contributed by atoms with Crippen LogP contribution in [-0.4, -0.2) is 80.8 Å². The van der Waals surface area contributed by atoms with E-state index in [9.17, 15) is 4.79 Å². The Morgan fingerprint density at radius 1 is 1.10 bits per heavy atom. The summed E-state index contributed by atoms with van der Waals surface area (Å²) in [4.78, 5) is 24.1. The highest BCUT2D eigenvalue weighted by molar-refractivity contribution is 7.09. The fraction of sp³-hybridized carbons (Fsp3) is 0.857. The standard InChI is InChI=1S/C21H38N6OS/c1-20(2,3)18(28)26-12-10-25(11-13-26)15-17-23-19(29-24-17)22-14-16-8-7-9-27(16)21(4,5)6/h16H,7-15H2,1-6H3,(H,22,23,24). The molecule has 3 rings (SSSR count). The fourth-order valence-electron chi connectivity index (χ4n) is 4.31. The van der Waals surface area contributed by atoms with Gasteiger partial charge in [0.2, 0.25) is 11.0 Å². The SMILES string of the molecule is CC(C)(C)C(=O)N1CCN(Cc2nsc(NCC3CCCN3C(C)(C)C)n2)CC1. The Morgan fingerprint density at radius 3 is 2.41 bits per heavy atom. The zero-order valence-corrected chi connectivity index (χ0v) is 19.8. The first-order chi connectivity index (χ1) is 13.5. The van der Waals surface area contributed by atoms with Gasteiger partial charge in [-0.05, 0) is 40.2 Å². The summed E-state index contributed by atoms with van der Waals surface area (Å²) < 4.78 is 4.55. The minimum absolute atomic E-state index is 0.214. The third-order valence-electron chi connectivity index (χ3n) is 5.86. The molecule has 3 heterocycles. The van der Waals surface area contributed by atoms with Gasteiger partial charge in [0.15, 0.2) is 5.82 Å². The minimum Gasteiger partial charge on any atom is -0.359 e. The summed E-state index contributed by atoms with van der Waals surface area (Å²) >= 11 is 1.46. The number of carbonyl (C=O) groups excluding carboxylic acids is 1. The average Bonchev–Trinajstić information content (AvgIpc) is 3.28. The largest absolute Gasteiger partial charge is 0.359 e. The number of nitrogens with zero attached hydrogens (tertiary/aromatic N) is 5. The number of amides is 1. The Labute approximate surface area is 180 Å². The lowest BCUT2D eigenvalue weighted by molar-refractivity contribution is -0.141. The molecule has 0 saturated carbocycles. The van der Waals surface area contributed by atoms with Gasteiger partial charge in [0.05, 0.1) is 6.54 Å². The van der Waals surface area contributed by atoms with E-state index in [1.54, 1.807) is 0 Å². The number of anilines is 1. The molecule has 7 nitrogen and oxygen atoms in total. The molecule has 1 N–H and O–H groups in total. The lowest BCUT2D eigenvalue weighted by Crippen LogP contribution is -2.51. The first-order valence-electron chi connectivity index (χ1n) is 10.9. The van der Waals surface area contributed by atoms with Gasteiger partial charge >= 0.3 is 0 Å². The maximum absolute atomic E-state index is 12.4. The van der Waals surface area contributed by atoms with Crippen molar-refractivity contribution in [3.05, 3.63) is 5.82 Å². The van der Waals surface area contributed by atoms with Crippen LogP contribution in [-0.2, 0) is 11.3 Å². The van der Waals surface area contributed by atoms with Crippen molar-refractivity contribution in [3.63, 3.8) is 0 Å². The highest BCUT2D eigenvalue weighted by Crippen LogP contribution is 2.27. The zero-order valence-electron chi connectivity index (χ0n) is 19.0. The maximum atomic E-state index is 12.4. The predicted octanol–water partition coefficient (Wildman–Crippen LogP) is 2.90. The van der Waals surface area contributed by atoms with E-state index in [1.807, 2.05) is 25.7 Å². The van der Waals surface area contributed by atoms with Crippen LogP contribution < -0.4 is 5.32 Å². The number of rotatable bonds is 5. The molecule has 29 heavy (non-hydrogen) atoms. The summed E-state index contributed by atoms with van der Waals surface area (Å²) in [6.07, 6.45) is 2.52. The van der Waals surface area contributed by atoms with Gasteiger partial charge < -0.3 is 10.2 Å². The van der Waals surface area contributed by atoms with Crippen molar-refractivity contribution in [1.82, 2.24) is 24.1 Å². The van der Waals surface area contributed by atoms with Crippen LogP contribution in [0, 0.1) is 5.41 Å². The van der Waals surface area contributed by atoms with Gasteiger partial charge in [0.25, 0.3) is 0 Å². The van der Waals surface area contributed by atoms with Crippen LogP contribution >= 0.6 is 11.5 Å². The molecular formula is C21H38N6OS. The number of hydrogen-bond donors (Lipinski definition) is 1. The van der Waals surface area contributed by atoms with E-state index in [0.717, 1.165) is 50.2 Å². The van der Waals surface area contributed by atoms with Crippen molar-refractivity contribution in [3.8, 4) is 0 Å². The van der Waals surface area contributed by atoms with Crippen LogP contribution in [0.1, 0.15) is 60.2 Å². The molecule has 1 aromatic rings. The second-order valence-corrected chi connectivity index (χ2v) is 11.1. The summed E-state index contributed by atoms with van der Waals surface area (Å²) in [5.74, 6) is 1.12. The molecule has 1 atom stereocenters. The Bertz CT molecular complexity index is 684. The summed E-state index contributed by atoms with van der Waals surface area (Å²) in [5.41, 5.74) is -0.0905. The van der Waals surface area contributed by atoms with E-state index < -0.39 is 0 Å².